The lowest BCUT2D eigenvalue weighted by molar-refractivity contribution is -0.133. The highest BCUT2D eigenvalue weighted by atomic mass is 19.1. The molecule has 1 saturated carbocycles. The van der Waals surface area contributed by atoms with Gasteiger partial charge in [0.2, 0.25) is 11.8 Å². The maximum Gasteiger partial charge on any atom is 0.226 e. The third kappa shape index (κ3) is 4.77. The summed E-state index contributed by atoms with van der Waals surface area (Å²) in [4.78, 5) is 14.7. The molecule has 1 fully saturated rings. The van der Waals surface area contributed by atoms with Gasteiger partial charge in [-0.15, -0.1) is 0 Å². The number of aryl methyl sites for hydroxylation is 1. The van der Waals surface area contributed by atoms with Gasteiger partial charge in [-0.25, -0.2) is 9.07 Å². The molecule has 1 aromatic heterocycles. The highest BCUT2D eigenvalue weighted by molar-refractivity contribution is 5.81. The van der Waals surface area contributed by atoms with Gasteiger partial charge in [-0.1, -0.05) is 42.5 Å². The zero-order chi connectivity index (χ0) is 21.8. The fourth-order valence-corrected chi connectivity index (χ4v) is 3.53. The van der Waals surface area contributed by atoms with Crippen LogP contribution in [0, 0.1) is 11.7 Å². The van der Waals surface area contributed by atoms with Gasteiger partial charge in [-0.3, -0.25) is 4.79 Å². The van der Waals surface area contributed by atoms with Crippen LogP contribution in [0.5, 0.6) is 11.6 Å². The van der Waals surface area contributed by atoms with Gasteiger partial charge in [0.25, 0.3) is 0 Å². The predicted molar refractivity (Wildman–Crippen MR) is 115 cm³/mol. The predicted octanol–water partition coefficient (Wildman–Crippen LogP) is 4.40. The number of ether oxygens (including phenoxy) is 2. The van der Waals surface area contributed by atoms with Gasteiger partial charge in [0.05, 0.1) is 18.7 Å². The zero-order valence-electron chi connectivity index (χ0n) is 17.8. The topological polar surface area (TPSA) is 56.6 Å². The van der Waals surface area contributed by atoms with Crippen molar-refractivity contribution in [3.63, 3.8) is 0 Å². The Morgan fingerprint density at radius 3 is 2.55 bits per heavy atom. The van der Waals surface area contributed by atoms with Crippen molar-refractivity contribution < 1.29 is 18.7 Å². The van der Waals surface area contributed by atoms with Crippen LogP contribution in [0.25, 0.3) is 11.3 Å². The number of hydrogen-bond acceptors (Lipinski definition) is 4. The molecule has 1 aliphatic carbocycles. The molecule has 0 unspecified atom stereocenters. The monoisotopic (exact) mass is 423 g/mol. The molecule has 31 heavy (non-hydrogen) atoms. The summed E-state index contributed by atoms with van der Waals surface area (Å²) in [5.41, 5.74) is 2.35. The first-order valence-electron chi connectivity index (χ1n) is 10.4. The van der Waals surface area contributed by atoms with E-state index in [1.54, 1.807) is 41.9 Å². The standard InChI is InChI=1S/C24H26FN3O3/c1-27-24(31-21-11-7-6-10-20(21)25)19(22(26-27)17-8-4-3-5-9-17)16-28(14-15-30-2)23(29)18-12-13-18/h3-11,18H,12-16H2,1-2H3. The third-order valence-electron chi connectivity index (χ3n) is 5.33. The first-order chi connectivity index (χ1) is 15.1. The van der Waals surface area contributed by atoms with Crippen molar-refractivity contribution in [1.82, 2.24) is 14.7 Å². The summed E-state index contributed by atoms with van der Waals surface area (Å²) < 4.78 is 27.1. The Morgan fingerprint density at radius 1 is 1.16 bits per heavy atom. The first kappa shape index (κ1) is 21.1. The summed E-state index contributed by atoms with van der Waals surface area (Å²) in [5, 5.41) is 4.66. The average molecular weight is 423 g/mol. The minimum Gasteiger partial charge on any atom is -0.436 e. The van der Waals surface area contributed by atoms with Crippen LogP contribution in [0.3, 0.4) is 0 Å². The van der Waals surface area contributed by atoms with Gasteiger partial charge < -0.3 is 14.4 Å². The Balaban J connectivity index is 1.75. The fraction of sp³-hybridized carbons (Fsp3) is 0.333. The molecule has 0 radical (unpaired) electrons. The minimum atomic E-state index is -0.457. The molecule has 0 N–H and O–H groups in total. The zero-order valence-corrected chi connectivity index (χ0v) is 17.8. The molecule has 0 aliphatic heterocycles. The van der Waals surface area contributed by atoms with Gasteiger partial charge >= 0.3 is 0 Å². The molecule has 0 spiro atoms. The summed E-state index contributed by atoms with van der Waals surface area (Å²) in [6.45, 7) is 1.21. The van der Waals surface area contributed by atoms with Crippen LogP contribution < -0.4 is 4.74 Å². The minimum absolute atomic E-state index is 0.0737. The summed E-state index contributed by atoms with van der Waals surface area (Å²) >= 11 is 0. The van der Waals surface area contributed by atoms with Gasteiger partial charge in [-0.2, -0.15) is 5.10 Å². The molecule has 4 rings (SSSR count). The Hall–Kier alpha value is -3.19. The second-order valence-corrected chi connectivity index (χ2v) is 7.68. The van der Waals surface area contributed by atoms with E-state index in [9.17, 15) is 9.18 Å². The SMILES string of the molecule is COCCN(Cc1c(-c2ccccc2)nn(C)c1Oc1ccccc1F)C(=O)C1CC1. The van der Waals surface area contributed by atoms with Crippen LogP contribution in [-0.2, 0) is 23.1 Å². The largest absolute Gasteiger partial charge is 0.436 e. The first-order valence-corrected chi connectivity index (χ1v) is 10.4. The smallest absolute Gasteiger partial charge is 0.226 e. The molecule has 2 aromatic carbocycles. The normalized spacial score (nSPS) is 13.3. The van der Waals surface area contributed by atoms with E-state index in [1.165, 1.54) is 6.07 Å². The fourth-order valence-electron chi connectivity index (χ4n) is 3.53. The van der Waals surface area contributed by atoms with Crippen LogP contribution in [0.15, 0.2) is 54.6 Å². The lowest BCUT2D eigenvalue weighted by Crippen LogP contribution is -2.34. The van der Waals surface area contributed by atoms with Gasteiger partial charge in [0, 0.05) is 32.2 Å². The number of benzene rings is 2. The Bertz CT molecular complexity index is 1050. The van der Waals surface area contributed by atoms with E-state index in [2.05, 4.69) is 5.10 Å². The van der Waals surface area contributed by atoms with E-state index in [-0.39, 0.29) is 17.6 Å². The van der Waals surface area contributed by atoms with Crippen molar-refractivity contribution in [3.8, 4) is 22.9 Å². The summed E-state index contributed by atoms with van der Waals surface area (Å²) in [7, 11) is 3.38. The Morgan fingerprint density at radius 2 is 1.87 bits per heavy atom. The highest BCUT2D eigenvalue weighted by Gasteiger charge is 2.34. The van der Waals surface area contributed by atoms with Crippen LogP contribution >= 0.6 is 0 Å². The maximum atomic E-state index is 14.3. The summed E-state index contributed by atoms with van der Waals surface area (Å²) in [5.74, 6) is 0.251. The van der Waals surface area contributed by atoms with E-state index in [0.717, 1.165) is 24.0 Å². The van der Waals surface area contributed by atoms with Gasteiger partial charge in [0.1, 0.15) is 5.69 Å². The molecule has 6 nitrogen and oxygen atoms in total. The van der Waals surface area contributed by atoms with Crippen LogP contribution in [-0.4, -0.2) is 40.8 Å². The molecule has 1 heterocycles. The molecule has 0 saturated heterocycles. The molecule has 162 valence electrons. The Kier molecular flexibility index (Phi) is 6.32. The van der Waals surface area contributed by atoms with Crippen molar-refractivity contribution >= 4 is 5.91 Å². The van der Waals surface area contributed by atoms with E-state index >= 15 is 0 Å². The molecule has 1 aliphatic rings. The molecular weight excluding hydrogens is 397 g/mol. The average Bonchev–Trinajstić information content (AvgIpc) is 3.59. The van der Waals surface area contributed by atoms with Crippen LogP contribution in [0.1, 0.15) is 18.4 Å². The molecule has 3 aromatic rings. The van der Waals surface area contributed by atoms with Crippen molar-refractivity contribution in [2.24, 2.45) is 13.0 Å². The van der Waals surface area contributed by atoms with Crippen molar-refractivity contribution in [2.45, 2.75) is 19.4 Å². The van der Waals surface area contributed by atoms with Crippen molar-refractivity contribution in [1.29, 1.82) is 0 Å². The highest BCUT2D eigenvalue weighted by Crippen LogP contribution is 2.36. The quantitative estimate of drug-likeness (QED) is 0.512. The number of methoxy groups -OCH3 is 1. The molecule has 1 amide bonds. The van der Waals surface area contributed by atoms with Crippen molar-refractivity contribution in [2.75, 3.05) is 20.3 Å². The number of para-hydroxylation sites is 1. The van der Waals surface area contributed by atoms with Gasteiger partial charge in [-0.05, 0) is 25.0 Å². The second-order valence-electron chi connectivity index (χ2n) is 7.68. The maximum absolute atomic E-state index is 14.3. The number of rotatable bonds is 9. The third-order valence-corrected chi connectivity index (χ3v) is 5.33. The number of carbonyl (C=O) groups excluding carboxylic acids is 1. The van der Waals surface area contributed by atoms with Gasteiger partial charge in [0.15, 0.2) is 11.6 Å². The van der Waals surface area contributed by atoms with Crippen LogP contribution in [0.2, 0.25) is 0 Å². The summed E-state index contributed by atoms with van der Waals surface area (Å²) in [6, 6.07) is 16.0. The van der Waals surface area contributed by atoms with E-state index in [0.29, 0.717) is 31.3 Å². The second kappa shape index (κ2) is 9.31. The lowest BCUT2D eigenvalue weighted by Gasteiger charge is -2.23. The number of nitrogens with zero attached hydrogens (tertiary/aromatic N) is 3. The van der Waals surface area contributed by atoms with Crippen molar-refractivity contribution in [3.05, 3.63) is 66.0 Å². The molecule has 0 bridgehead atoms. The molecule has 7 heteroatoms. The number of aromatic nitrogens is 2. The van der Waals surface area contributed by atoms with E-state index in [4.69, 9.17) is 9.47 Å². The van der Waals surface area contributed by atoms with E-state index in [1.807, 2.05) is 30.3 Å². The van der Waals surface area contributed by atoms with Crippen LogP contribution in [0.4, 0.5) is 4.39 Å². The Labute approximate surface area is 181 Å². The molecule has 0 atom stereocenters. The molecular formula is C24H26FN3O3. The number of amides is 1. The number of carbonyl (C=O) groups is 1. The lowest BCUT2D eigenvalue weighted by atomic mass is 10.1. The number of hydrogen-bond donors (Lipinski definition) is 0. The van der Waals surface area contributed by atoms with E-state index < -0.39 is 5.82 Å². The number of halogens is 1. The summed E-state index contributed by atoms with van der Waals surface area (Å²) in [6.07, 6.45) is 1.83.